The van der Waals surface area contributed by atoms with Gasteiger partial charge in [0, 0.05) is 48.2 Å². The first kappa shape index (κ1) is 21.9. The number of ether oxygens (including phenoxy) is 2. The van der Waals surface area contributed by atoms with Crippen LogP contribution in [0.2, 0.25) is 0 Å². The van der Waals surface area contributed by atoms with Crippen molar-refractivity contribution in [2.24, 2.45) is 10.9 Å². The summed E-state index contributed by atoms with van der Waals surface area (Å²) in [6.45, 7) is 7.78. The van der Waals surface area contributed by atoms with Crippen molar-refractivity contribution in [2.45, 2.75) is 39.0 Å². The summed E-state index contributed by atoms with van der Waals surface area (Å²) in [6, 6.07) is 7.82. The molecule has 0 radical (unpaired) electrons. The topological polar surface area (TPSA) is 57.5 Å². The second kappa shape index (κ2) is 9.90. The molecule has 0 spiro atoms. The molecule has 2 atom stereocenters. The van der Waals surface area contributed by atoms with Crippen molar-refractivity contribution in [1.82, 2.24) is 4.90 Å². The largest absolute Gasteiger partial charge is 0.488 e. The van der Waals surface area contributed by atoms with Crippen molar-refractivity contribution in [3.05, 3.63) is 59.6 Å². The normalized spacial score (nSPS) is 24.3. The Hall–Kier alpha value is -2.28. The average Bonchev–Trinajstić information content (AvgIpc) is 2.72. The molecule has 1 saturated heterocycles. The monoisotopic (exact) mass is 443 g/mol. The fraction of sp³-hybridized carbons (Fsp3) is 0.458. The number of hydrogen-bond donors (Lipinski definition) is 1. The molecule has 4 rings (SSSR count). The van der Waals surface area contributed by atoms with E-state index in [0.717, 1.165) is 48.2 Å². The first-order valence-corrected chi connectivity index (χ1v) is 11.3. The highest BCUT2D eigenvalue weighted by Crippen LogP contribution is 2.27. The van der Waals surface area contributed by atoms with E-state index in [9.17, 15) is 5.11 Å². The van der Waals surface area contributed by atoms with Gasteiger partial charge < -0.3 is 19.5 Å². The molecule has 7 heteroatoms. The first-order chi connectivity index (χ1) is 15.0. The maximum atomic E-state index is 10.6. The number of nitrogens with zero attached hydrogens (tertiary/aromatic N) is 3. The summed E-state index contributed by atoms with van der Waals surface area (Å²) >= 11 is 6.02. The van der Waals surface area contributed by atoms with Gasteiger partial charge in [-0.15, -0.1) is 0 Å². The summed E-state index contributed by atoms with van der Waals surface area (Å²) in [7, 11) is 0. The van der Waals surface area contributed by atoms with E-state index in [1.807, 2.05) is 36.5 Å². The Balaban J connectivity index is 1.28. The summed E-state index contributed by atoms with van der Waals surface area (Å²) in [4.78, 5) is 8.55. The SMILES string of the molecule is CCCN1CC(Oc2ccc(N3C=CC(OCC4=NC=C(Cl)CC4C)=CC3O)cc2)C1. The van der Waals surface area contributed by atoms with E-state index in [1.165, 1.54) is 6.42 Å². The third-order valence-electron chi connectivity index (χ3n) is 5.73. The van der Waals surface area contributed by atoms with Crippen LogP contribution >= 0.6 is 11.6 Å². The number of halogens is 1. The third-order valence-corrected chi connectivity index (χ3v) is 5.98. The molecule has 0 aliphatic carbocycles. The lowest BCUT2D eigenvalue weighted by atomic mass is 10.0. The number of aliphatic hydroxyl groups excluding tert-OH is 1. The lowest BCUT2D eigenvalue weighted by Gasteiger charge is -2.38. The minimum Gasteiger partial charge on any atom is -0.488 e. The number of aliphatic hydroxyl groups is 1. The third kappa shape index (κ3) is 5.50. The van der Waals surface area contributed by atoms with Crippen LogP contribution in [0, 0.1) is 5.92 Å². The Morgan fingerprint density at radius 3 is 2.68 bits per heavy atom. The number of hydrogen-bond acceptors (Lipinski definition) is 6. The smallest absolute Gasteiger partial charge is 0.153 e. The Kier molecular flexibility index (Phi) is 7.00. The summed E-state index contributed by atoms with van der Waals surface area (Å²) in [5, 5.41) is 11.3. The maximum absolute atomic E-state index is 10.6. The molecule has 0 bridgehead atoms. The molecular formula is C24H30ClN3O3. The van der Waals surface area contributed by atoms with E-state index in [1.54, 1.807) is 17.2 Å². The molecule has 3 aliphatic heterocycles. The average molecular weight is 444 g/mol. The van der Waals surface area contributed by atoms with Crippen LogP contribution in [0.15, 0.2) is 64.6 Å². The number of anilines is 1. The van der Waals surface area contributed by atoms with Gasteiger partial charge in [-0.3, -0.25) is 9.89 Å². The van der Waals surface area contributed by atoms with Crippen molar-refractivity contribution in [3.8, 4) is 5.75 Å². The van der Waals surface area contributed by atoms with E-state index in [0.29, 0.717) is 12.4 Å². The van der Waals surface area contributed by atoms with Crippen LogP contribution in [0.4, 0.5) is 5.69 Å². The van der Waals surface area contributed by atoms with Gasteiger partial charge in [-0.2, -0.15) is 0 Å². The molecule has 1 fully saturated rings. The summed E-state index contributed by atoms with van der Waals surface area (Å²) in [5.74, 6) is 1.74. The molecule has 2 unspecified atom stereocenters. The molecule has 0 aromatic heterocycles. The van der Waals surface area contributed by atoms with Crippen LogP contribution in [0.25, 0.3) is 0 Å². The quantitative estimate of drug-likeness (QED) is 0.650. The highest BCUT2D eigenvalue weighted by molar-refractivity contribution is 6.30. The van der Waals surface area contributed by atoms with Crippen molar-refractivity contribution >= 4 is 23.0 Å². The van der Waals surface area contributed by atoms with Gasteiger partial charge in [0.1, 0.15) is 24.2 Å². The zero-order valence-electron chi connectivity index (χ0n) is 18.1. The van der Waals surface area contributed by atoms with E-state index >= 15 is 0 Å². The molecule has 3 aliphatic rings. The van der Waals surface area contributed by atoms with Gasteiger partial charge in [0.2, 0.25) is 0 Å². The predicted octanol–water partition coefficient (Wildman–Crippen LogP) is 4.27. The molecule has 6 nitrogen and oxygen atoms in total. The fourth-order valence-electron chi connectivity index (χ4n) is 3.92. The number of rotatable bonds is 8. The van der Waals surface area contributed by atoms with Crippen LogP contribution in [0.5, 0.6) is 5.75 Å². The molecule has 166 valence electrons. The van der Waals surface area contributed by atoms with E-state index in [2.05, 4.69) is 23.7 Å². The number of likely N-dealkylation sites (tertiary alicyclic amines) is 1. The van der Waals surface area contributed by atoms with Gasteiger partial charge in [-0.05, 0) is 49.7 Å². The first-order valence-electron chi connectivity index (χ1n) is 10.9. The van der Waals surface area contributed by atoms with Crippen molar-refractivity contribution in [3.63, 3.8) is 0 Å². The molecule has 0 saturated carbocycles. The number of allylic oxidation sites excluding steroid dienone is 2. The molecule has 1 aromatic carbocycles. The number of aliphatic imine (C=N–C) groups is 1. The zero-order chi connectivity index (χ0) is 21.8. The zero-order valence-corrected chi connectivity index (χ0v) is 18.8. The van der Waals surface area contributed by atoms with Crippen LogP contribution in [0.1, 0.15) is 26.7 Å². The van der Waals surface area contributed by atoms with Crippen molar-refractivity contribution in [1.29, 1.82) is 0 Å². The summed E-state index contributed by atoms with van der Waals surface area (Å²) in [5.41, 5.74) is 1.84. The molecule has 31 heavy (non-hydrogen) atoms. The standard InChI is InChI=1S/C24H30ClN3O3/c1-3-9-27-14-22(15-27)31-20-6-4-19(5-7-20)28-10-8-21(12-24(28)29)30-16-23-17(2)11-18(25)13-26-23/h4-8,10,12-13,17,22,24,29H,3,9,11,14-16H2,1-2H3. The minimum absolute atomic E-state index is 0.252. The van der Waals surface area contributed by atoms with Crippen molar-refractivity contribution < 1.29 is 14.6 Å². The van der Waals surface area contributed by atoms with E-state index in [-0.39, 0.29) is 12.0 Å². The Labute approximate surface area is 189 Å². The summed E-state index contributed by atoms with van der Waals surface area (Å²) in [6.07, 6.45) is 8.47. The van der Waals surface area contributed by atoms with Gasteiger partial charge in [0.25, 0.3) is 0 Å². The van der Waals surface area contributed by atoms with Gasteiger partial charge in [0.05, 0.1) is 5.71 Å². The Morgan fingerprint density at radius 2 is 2.00 bits per heavy atom. The highest BCUT2D eigenvalue weighted by atomic mass is 35.5. The Bertz CT molecular complexity index is 888. The lowest BCUT2D eigenvalue weighted by Crippen LogP contribution is -2.53. The van der Waals surface area contributed by atoms with Crippen LogP contribution in [0.3, 0.4) is 0 Å². The Morgan fingerprint density at radius 1 is 1.23 bits per heavy atom. The highest BCUT2D eigenvalue weighted by Gasteiger charge is 2.27. The lowest BCUT2D eigenvalue weighted by molar-refractivity contribution is 0.0203. The maximum Gasteiger partial charge on any atom is 0.153 e. The van der Waals surface area contributed by atoms with Gasteiger partial charge in [-0.1, -0.05) is 25.4 Å². The molecule has 0 amide bonds. The second-order valence-electron chi connectivity index (χ2n) is 8.29. The van der Waals surface area contributed by atoms with Gasteiger partial charge >= 0.3 is 0 Å². The fourth-order valence-corrected chi connectivity index (χ4v) is 4.21. The van der Waals surface area contributed by atoms with Gasteiger partial charge in [-0.25, -0.2) is 0 Å². The predicted molar refractivity (Wildman–Crippen MR) is 124 cm³/mol. The van der Waals surface area contributed by atoms with E-state index < -0.39 is 6.23 Å². The minimum atomic E-state index is -0.805. The molecule has 3 heterocycles. The second-order valence-corrected chi connectivity index (χ2v) is 8.77. The van der Waals surface area contributed by atoms with E-state index in [4.69, 9.17) is 21.1 Å². The number of benzene rings is 1. The van der Waals surface area contributed by atoms with Gasteiger partial charge in [0.15, 0.2) is 6.23 Å². The van der Waals surface area contributed by atoms with Crippen LogP contribution in [-0.2, 0) is 4.74 Å². The van der Waals surface area contributed by atoms with Crippen LogP contribution < -0.4 is 9.64 Å². The van der Waals surface area contributed by atoms with Crippen LogP contribution in [-0.4, -0.2) is 54.3 Å². The molecule has 1 N–H and O–H groups in total. The van der Waals surface area contributed by atoms with Crippen molar-refractivity contribution in [2.75, 3.05) is 31.1 Å². The summed E-state index contributed by atoms with van der Waals surface area (Å²) < 4.78 is 11.9. The molecule has 1 aromatic rings. The molecular weight excluding hydrogens is 414 g/mol.